The molecule has 5 heteroatoms. The maximum Gasteiger partial charge on any atom is 0.320 e. The van der Waals surface area contributed by atoms with E-state index in [1.807, 2.05) is 0 Å². The molecule has 2 amide bonds. The van der Waals surface area contributed by atoms with Gasteiger partial charge in [-0.3, -0.25) is 4.79 Å². The van der Waals surface area contributed by atoms with Gasteiger partial charge in [0, 0.05) is 20.1 Å². The van der Waals surface area contributed by atoms with Crippen LogP contribution in [0, 0.1) is 0 Å². The van der Waals surface area contributed by atoms with Gasteiger partial charge < -0.3 is 14.9 Å². The zero-order valence-corrected chi connectivity index (χ0v) is 9.27. The van der Waals surface area contributed by atoms with Gasteiger partial charge in [0.2, 0.25) is 0 Å². The first-order valence-electron chi connectivity index (χ1n) is 5.29. The Morgan fingerprint density at radius 3 is 2.80 bits per heavy atom. The maximum atomic E-state index is 11.7. The summed E-state index contributed by atoms with van der Waals surface area (Å²) in [6.07, 6.45) is 1.97. The number of aliphatic carboxylic acids is 1. The first kappa shape index (κ1) is 11.8. The van der Waals surface area contributed by atoms with E-state index in [1.165, 1.54) is 0 Å². The zero-order valence-electron chi connectivity index (χ0n) is 9.27. The van der Waals surface area contributed by atoms with Crippen LogP contribution in [0.4, 0.5) is 4.79 Å². The lowest BCUT2D eigenvalue weighted by Crippen LogP contribution is -2.36. The van der Waals surface area contributed by atoms with Crippen LogP contribution in [-0.2, 0) is 4.79 Å². The molecule has 0 radical (unpaired) electrons. The number of urea groups is 1. The van der Waals surface area contributed by atoms with E-state index >= 15 is 0 Å². The van der Waals surface area contributed by atoms with Gasteiger partial charge >= 0.3 is 12.0 Å². The van der Waals surface area contributed by atoms with E-state index in [0.717, 1.165) is 12.8 Å². The summed E-state index contributed by atoms with van der Waals surface area (Å²) in [6.45, 7) is 3.24. The molecule has 0 aliphatic carbocycles. The van der Waals surface area contributed by atoms with Crippen LogP contribution in [0.3, 0.4) is 0 Å². The molecular weight excluding hydrogens is 196 g/mol. The molecule has 1 N–H and O–H groups in total. The number of carboxylic acid groups (broad SMARTS) is 1. The van der Waals surface area contributed by atoms with Crippen molar-refractivity contribution in [1.82, 2.24) is 9.80 Å². The zero-order chi connectivity index (χ0) is 11.4. The molecule has 0 bridgehead atoms. The van der Waals surface area contributed by atoms with E-state index in [1.54, 1.807) is 16.8 Å². The lowest BCUT2D eigenvalue weighted by atomic mass is 10.2. The molecule has 1 rings (SSSR count). The molecule has 15 heavy (non-hydrogen) atoms. The number of likely N-dealkylation sites (N-methyl/N-ethyl adjacent to an activating group) is 1. The Morgan fingerprint density at radius 1 is 1.60 bits per heavy atom. The van der Waals surface area contributed by atoms with Gasteiger partial charge in [0.05, 0.1) is 12.5 Å². The Kier molecular flexibility index (Phi) is 3.94. The third-order valence-corrected chi connectivity index (χ3v) is 2.66. The van der Waals surface area contributed by atoms with E-state index in [2.05, 4.69) is 6.92 Å². The number of carbonyl (C=O) groups excluding carboxylic acids is 1. The highest BCUT2D eigenvalue weighted by atomic mass is 16.4. The van der Waals surface area contributed by atoms with Gasteiger partial charge in [-0.05, 0) is 6.42 Å². The Bertz CT molecular complexity index is 255. The fourth-order valence-corrected chi connectivity index (χ4v) is 1.85. The summed E-state index contributed by atoms with van der Waals surface area (Å²) in [5, 5.41) is 8.73. The quantitative estimate of drug-likeness (QED) is 0.742. The van der Waals surface area contributed by atoms with Gasteiger partial charge in [0.15, 0.2) is 0 Å². The normalized spacial score (nSPS) is 21.2. The largest absolute Gasteiger partial charge is 0.481 e. The van der Waals surface area contributed by atoms with Gasteiger partial charge in [-0.1, -0.05) is 13.3 Å². The molecule has 1 aliphatic heterocycles. The number of amides is 2. The molecule has 5 nitrogen and oxygen atoms in total. The minimum Gasteiger partial charge on any atom is -0.481 e. The molecule has 1 heterocycles. The van der Waals surface area contributed by atoms with Crippen molar-refractivity contribution in [2.24, 2.45) is 0 Å². The second kappa shape index (κ2) is 5.00. The highest BCUT2D eigenvalue weighted by Crippen LogP contribution is 2.17. The average molecular weight is 214 g/mol. The molecule has 0 saturated carbocycles. The van der Waals surface area contributed by atoms with Crippen LogP contribution in [-0.4, -0.2) is 53.1 Å². The van der Waals surface area contributed by atoms with Crippen LogP contribution in [0.1, 0.15) is 26.2 Å². The summed E-state index contributed by atoms with van der Waals surface area (Å²) in [4.78, 5) is 25.6. The number of carboxylic acids is 1. The van der Waals surface area contributed by atoms with Gasteiger partial charge in [0.25, 0.3) is 0 Å². The van der Waals surface area contributed by atoms with E-state index < -0.39 is 5.97 Å². The van der Waals surface area contributed by atoms with Crippen LogP contribution in [0.15, 0.2) is 0 Å². The molecule has 86 valence electrons. The van der Waals surface area contributed by atoms with E-state index in [9.17, 15) is 9.59 Å². The fourth-order valence-electron chi connectivity index (χ4n) is 1.85. The van der Waals surface area contributed by atoms with Gasteiger partial charge in [0.1, 0.15) is 0 Å². The lowest BCUT2D eigenvalue weighted by Gasteiger charge is -2.21. The van der Waals surface area contributed by atoms with Crippen molar-refractivity contribution >= 4 is 12.0 Å². The monoisotopic (exact) mass is 214 g/mol. The molecule has 1 unspecified atom stereocenters. The maximum absolute atomic E-state index is 11.7. The van der Waals surface area contributed by atoms with E-state index in [0.29, 0.717) is 13.1 Å². The van der Waals surface area contributed by atoms with Crippen molar-refractivity contribution in [2.75, 3.05) is 20.1 Å². The van der Waals surface area contributed by atoms with Crippen LogP contribution in [0.2, 0.25) is 0 Å². The number of nitrogens with zero attached hydrogens (tertiary/aromatic N) is 2. The molecule has 1 saturated heterocycles. The van der Waals surface area contributed by atoms with Gasteiger partial charge in [-0.2, -0.15) is 0 Å². The minimum absolute atomic E-state index is 0.0415. The van der Waals surface area contributed by atoms with E-state index in [-0.39, 0.29) is 18.5 Å². The first-order valence-corrected chi connectivity index (χ1v) is 5.29. The summed E-state index contributed by atoms with van der Waals surface area (Å²) in [5.41, 5.74) is 0. The Labute approximate surface area is 89.7 Å². The van der Waals surface area contributed by atoms with Crippen molar-refractivity contribution < 1.29 is 14.7 Å². The Hall–Kier alpha value is -1.26. The summed E-state index contributed by atoms with van der Waals surface area (Å²) in [5.74, 6) is -0.843. The Morgan fingerprint density at radius 2 is 2.27 bits per heavy atom. The molecule has 0 aromatic rings. The van der Waals surface area contributed by atoms with Crippen molar-refractivity contribution in [3.63, 3.8) is 0 Å². The smallest absolute Gasteiger partial charge is 0.320 e. The number of unbranched alkanes of at least 4 members (excludes halogenated alkanes) is 1. The summed E-state index contributed by atoms with van der Waals surface area (Å²) in [6, 6.07) is -0.207. The molecule has 0 aromatic carbocycles. The topological polar surface area (TPSA) is 60.9 Å². The van der Waals surface area contributed by atoms with Crippen LogP contribution >= 0.6 is 0 Å². The number of rotatable bonds is 5. The SMILES string of the molecule is CCCCN1C(=O)N(C)CC1CC(=O)O. The highest BCUT2D eigenvalue weighted by molar-refractivity contribution is 5.78. The standard InChI is InChI=1S/C10H18N2O3/c1-3-4-5-12-8(6-9(13)14)7-11(2)10(12)15/h8H,3-7H2,1-2H3,(H,13,14). The van der Waals surface area contributed by atoms with Crippen molar-refractivity contribution in [3.8, 4) is 0 Å². The first-order chi connectivity index (χ1) is 7.06. The second-order valence-electron chi connectivity index (χ2n) is 3.96. The van der Waals surface area contributed by atoms with E-state index in [4.69, 9.17) is 5.11 Å². The van der Waals surface area contributed by atoms with Crippen LogP contribution < -0.4 is 0 Å². The van der Waals surface area contributed by atoms with Gasteiger partial charge in [-0.25, -0.2) is 4.79 Å². The predicted octanol–water partition coefficient (Wildman–Crippen LogP) is 0.997. The third-order valence-electron chi connectivity index (χ3n) is 2.66. The van der Waals surface area contributed by atoms with Crippen LogP contribution in [0.5, 0.6) is 0 Å². The summed E-state index contributed by atoms with van der Waals surface area (Å²) in [7, 11) is 1.71. The van der Waals surface area contributed by atoms with Crippen molar-refractivity contribution in [2.45, 2.75) is 32.2 Å². The second-order valence-corrected chi connectivity index (χ2v) is 3.96. The Balaban J connectivity index is 2.60. The number of hydrogen-bond acceptors (Lipinski definition) is 2. The van der Waals surface area contributed by atoms with Crippen molar-refractivity contribution in [3.05, 3.63) is 0 Å². The van der Waals surface area contributed by atoms with Crippen molar-refractivity contribution in [1.29, 1.82) is 0 Å². The molecular formula is C10H18N2O3. The lowest BCUT2D eigenvalue weighted by molar-refractivity contribution is -0.137. The highest BCUT2D eigenvalue weighted by Gasteiger charge is 2.35. The third kappa shape index (κ3) is 2.84. The minimum atomic E-state index is -0.843. The molecule has 1 aliphatic rings. The van der Waals surface area contributed by atoms with Crippen LogP contribution in [0.25, 0.3) is 0 Å². The molecule has 0 aromatic heterocycles. The van der Waals surface area contributed by atoms with Gasteiger partial charge in [-0.15, -0.1) is 0 Å². The number of carbonyl (C=O) groups is 2. The fraction of sp³-hybridized carbons (Fsp3) is 0.800. The average Bonchev–Trinajstić information content (AvgIpc) is 2.40. The predicted molar refractivity (Wildman–Crippen MR) is 55.7 cm³/mol. The number of hydrogen-bond donors (Lipinski definition) is 1. The molecule has 0 spiro atoms. The summed E-state index contributed by atoms with van der Waals surface area (Å²) >= 11 is 0. The molecule has 1 atom stereocenters. The summed E-state index contributed by atoms with van der Waals surface area (Å²) < 4.78 is 0. The molecule has 1 fully saturated rings.